The topological polar surface area (TPSA) is 42.1 Å². The van der Waals surface area contributed by atoms with Gasteiger partial charge < -0.3 is 10.6 Å². The van der Waals surface area contributed by atoms with Crippen molar-refractivity contribution < 1.29 is 0 Å². The van der Waals surface area contributed by atoms with Gasteiger partial charge in [0.15, 0.2) is 0 Å². The van der Waals surface area contributed by atoms with Crippen molar-refractivity contribution in [1.82, 2.24) is 4.98 Å². The van der Waals surface area contributed by atoms with E-state index in [1.165, 1.54) is 30.3 Å². The summed E-state index contributed by atoms with van der Waals surface area (Å²) in [5.74, 6) is 0. The summed E-state index contributed by atoms with van der Waals surface area (Å²) in [6.45, 7) is 6.93. The van der Waals surface area contributed by atoms with Gasteiger partial charge in [0.25, 0.3) is 0 Å². The normalized spacial score (nSPS) is 17.8. The molecule has 3 rings (SSSR count). The van der Waals surface area contributed by atoms with Crippen molar-refractivity contribution in [2.45, 2.75) is 33.1 Å². The highest BCUT2D eigenvalue weighted by Crippen LogP contribution is 2.41. The van der Waals surface area contributed by atoms with Crippen LogP contribution < -0.4 is 10.6 Å². The van der Waals surface area contributed by atoms with Crippen LogP contribution >= 0.6 is 0 Å². The lowest BCUT2D eigenvalue weighted by Gasteiger charge is -2.28. The Hall–Kier alpha value is -1.77. The Morgan fingerprint density at radius 3 is 2.70 bits per heavy atom. The summed E-state index contributed by atoms with van der Waals surface area (Å²) in [5.41, 5.74) is 8.68. The fourth-order valence-corrected chi connectivity index (χ4v) is 3.44. The lowest BCUT2D eigenvalue weighted by Crippen LogP contribution is -2.26. The fraction of sp³-hybridized carbons (Fsp3) is 0.471. The first kappa shape index (κ1) is 13.2. The van der Waals surface area contributed by atoms with E-state index in [1.54, 1.807) is 0 Å². The number of benzene rings is 1. The summed E-state index contributed by atoms with van der Waals surface area (Å²) in [7, 11) is 0. The molecule has 3 nitrogen and oxygen atoms in total. The van der Waals surface area contributed by atoms with Crippen LogP contribution in [0.3, 0.4) is 0 Å². The van der Waals surface area contributed by atoms with Crippen LogP contribution in [0.1, 0.15) is 33.1 Å². The van der Waals surface area contributed by atoms with Gasteiger partial charge in [-0.3, -0.25) is 4.98 Å². The highest BCUT2D eigenvalue weighted by Gasteiger charge is 2.35. The minimum atomic E-state index is 0.487. The number of fused-ring (bicyclic) bond motifs is 1. The van der Waals surface area contributed by atoms with Crippen molar-refractivity contribution in [3.8, 4) is 0 Å². The molecule has 2 heterocycles. The van der Waals surface area contributed by atoms with E-state index in [2.05, 4.69) is 35.9 Å². The maximum absolute atomic E-state index is 6.07. The van der Waals surface area contributed by atoms with Crippen LogP contribution in [0.25, 0.3) is 10.8 Å². The molecule has 1 fully saturated rings. The highest BCUT2D eigenvalue weighted by molar-refractivity contribution is 6.00. The summed E-state index contributed by atoms with van der Waals surface area (Å²) >= 11 is 0. The number of rotatable bonds is 3. The van der Waals surface area contributed by atoms with Gasteiger partial charge in [-0.15, -0.1) is 0 Å². The van der Waals surface area contributed by atoms with E-state index in [1.807, 2.05) is 18.5 Å². The molecule has 2 N–H and O–H groups in total. The third kappa shape index (κ3) is 2.01. The van der Waals surface area contributed by atoms with Crippen LogP contribution in [0, 0.1) is 5.41 Å². The fourth-order valence-electron chi connectivity index (χ4n) is 3.44. The van der Waals surface area contributed by atoms with Crippen molar-refractivity contribution in [3.05, 3.63) is 30.6 Å². The zero-order valence-electron chi connectivity index (χ0n) is 12.4. The van der Waals surface area contributed by atoms with Crippen LogP contribution in [-0.4, -0.2) is 18.1 Å². The van der Waals surface area contributed by atoms with Crippen molar-refractivity contribution in [1.29, 1.82) is 0 Å². The molecule has 106 valence electrons. The van der Waals surface area contributed by atoms with Gasteiger partial charge in [-0.25, -0.2) is 0 Å². The maximum Gasteiger partial charge on any atom is 0.0448 e. The largest absolute Gasteiger partial charge is 0.398 e. The Balaban J connectivity index is 2.02. The maximum atomic E-state index is 6.07. The third-order valence-corrected chi connectivity index (χ3v) is 5.11. The quantitative estimate of drug-likeness (QED) is 0.861. The van der Waals surface area contributed by atoms with Crippen molar-refractivity contribution in [3.63, 3.8) is 0 Å². The van der Waals surface area contributed by atoms with E-state index < -0.39 is 0 Å². The van der Waals surface area contributed by atoms with E-state index >= 15 is 0 Å². The Morgan fingerprint density at radius 2 is 2.00 bits per heavy atom. The molecule has 0 saturated carbocycles. The molecule has 1 aliphatic heterocycles. The van der Waals surface area contributed by atoms with Crippen LogP contribution in [0.5, 0.6) is 0 Å². The van der Waals surface area contributed by atoms with Gasteiger partial charge in [0.1, 0.15) is 0 Å². The number of nitrogen functional groups attached to an aromatic ring is 1. The molecule has 20 heavy (non-hydrogen) atoms. The molecule has 0 aliphatic carbocycles. The number of hydrogen-bond donors (Lipinski definition) is 1. The average molecular weight is 269 g/mol. The predicted octanol–water partition coefficient (Wildman–Crippen LogP) is 3.83. The van der Waals surface area contributed by atoms with Gasteiger partial charge in [-0.1, -0.05) is 13.8 Å². The standard InChI is InChI=1S/C17H23N3/c1-3-17(4-2)8-10-20(12-17)16-6-5-15(18)14-11-19-9-7-13(14)16/h5-7,9,11H,3-4,8,10,12,18H2,1-2H3. The van der Waals surface area contributed by atoms with Crippen molar-refractivity contribution >= 4 is 22.1 Å². The number of aromatic nitrogens is 1. The minimum absolute atomic E-state index is 0.487. The SMILES string of the molecule is CCC1(CC)CCN(c2ccc(N)c3cnccc23)C1. The summed E-state index contributed by atoms with van der Waals surface area (Å²) in [5, 5.41) is 2.29. The van der Waals surface area contributed by atoms with E-state index in [4.69, 9.17) is 5.73 Å². The Labute approximate surface area is 120 Å². The lowest BCUT2D eigenvalue weighted by atomic mass is 9.82. The first-order chi connectivity index (χ1) is 9.69. The van der Waals surface area contributed by atoms with Crippen LogP contribution in [0.15, 0.2) is 30.6 Å². The molecular formula is C17H23N3. The van der Waals surface area contributed by atoms with Gasteiger partial charge in [0.05, 0.1) is 0 Å². The first-order valence-corrected chi connectivity index (χ1v) is 7.56. The predicted molar refractivity (Wildman–Crippen MR) is 86.0 cm³/mol. The molecule has 0 bridgehead atoms. The molecule has 1 saturated heterocycles. The Kier molecular flexibility index (Phi) is 3.28. The van der Waals surface area contributed by atoms with Crippen LogP contribution in [0.4, 0.5) is 11.4 Å². The summed E-state index contributed by atoms with van der Waals surface area (Å²) in [4.78, 5) is 6.73. The average Bonchev–Trinajstić information content (AvgIpc) is 2.93. The molecule has 1 aliphatic rings. The van der Waals surface area contributed by atoms with Gasteiger partial charge in [0.2, 0.25) is 0 Å². The number of hydrogen-bond acceptors (Lipinski definition) is 3. The highest BCUT2D eigenvalue weighted by atomic mass is 15.2. The molecule has 2 aromatic rings. The number of nitrogens with two attached hydrogens (primary N) is 1. The molecule has 0 amide bonds. The van der Waals surface area contributed by atoms with Gasteiger partial charge in [-0.05, 0) is 42.9 Å². The van der Waals surface area contributed by atoms with Crippen LogP contribution in [-0.2, 0) is 0 Å². The number of anilines is 2. The molecule has 0 atom stereocenters. The van der Waals surface area contributed by atoms with E-state index in [0.29, 0.717) is 5.41 Å². The van der Waals surface area contributed by atoms with E-state index in [9.17, 15) is 0 Å². The molecule has 3 heteroatoms. The second-order valence-electron chi connectivity index (χ2n) is 5.97. The van der Waals surface area contributed by atoms with Crippen molar-refractivity contribution in [2.75, 3.05) is 23.7 Å². The molecule has 1 aromatic carbocycles. The summed E-state index contributed by atoms with van der Waals surface area (Å²) < 4.78 is 0. The lowest BCUT2D eigenvalue weighted by molar-refractivity contribution is 0.301. The third-order valence-electron chi connectivity index (χ3n) is 5.11. The molecule has 0 unspecified atom stereocenters. The van der Waals surface area contributed by atoms with Gasteiger partial charge in [-0.2, -0.15) is 0 Å². The molecule has 1 aromatic heterocycles. The molecule has 0 radical (unpaired) electrons. The van der Waals surface area contributed by atoms with Crippen molar-refractivity contribution in [2.24, 2.45) is 5.41 Å². The van der Waals surface area contributed by atoms with E-state index in [-0.39, 0.29) is 0 Å². The van der Waals surface area contributed by atoms with Crippen LogP contribution in [0.2, 0.25) is 0 Å². The zero-order valence-corrected chi connectivity index (χ0v) is 12.4. The molecule has 0 spiro atoms. The van der Waals surface area contributed by atoms with Gasteiger partial charge in [0, 0.05) is 47.6 Å². The minimum Gasteiger partial charge on any atom is -0.398 e. The summed E-state index contributed by atoms with van der Waals surface area (Å²) in [6.07, 6.45) is 7.53. The smallest absolute Gasteiger partial charge is 0.0448 e. The number of pyridine rings is 1. The zero-order chi connectivity index (χ0) is 14.2. The van der Waals surface area contributed by atoms with Gasteiger partial charge >= 0.3 is 0 Å². The summed E-state index contributed by atoms with van der Waals surface area (Å²) in [6, 6.07) is 6.26. The Morgan fingerprint density at radius 1 is 1.20 bits per heavy atom. The Bertz CT molecular complexity index is 617. The monoisotopic (exact) mass is 269 g/mol. The first-order valence-electron chi connectivity index (χ1n) is 7.56. The second kappa shape index (κ2) is 4.97. The van der Waals surface area contributed by atoms with E-state index in [0.717, 1.165) is 24.2 Å². The molecular weight excluding hydrogens is 246 g/mol. The number of nitrogens with zero attached hydrogens (tertiary/aromatic N) is 2. The second-order valence-corrected chi connectivity index (χ2v) is 5.97.